The molecule has 0 aliphatic rings. The van der Waals surface area contributed by atoms with Crippen LogP contribution in [0.3, 0.4) is 0 Å². The minimum atomic E-state index is -4.40. The highest BCUT2D eigenvalue weighted by Gasteiger charge is 2.27. The Labute approximate surface area is 173 Å². The molecule has 0 atom stereocenters. The number of hydrogen-bond acceptors (Lipinski definition) is 5. The summed E-state index contributed by atoms with van der Waals surface area (Å²) in [5, 5.41) is -0.753. The van der Waals surface area contributed by atoms with Crippen LogP contribution in [-0.2, 0) is 17.1 Å². The van der Waals surface area contributed by atoms with Gasteiger partial charge in [0.25, 0.3) is 5.56 Å². The van der Waals surface area contributed by atoms with Gasteiger partial charge in [-0.25, -0.2) is 8.42 Å². The van der Waals surface area contributed by atoms with Gasteiger partial charge < -0.3 is 9.30 Å². The van der Waals surface area contributed by atoms with Gasteiger partial charge in [-0.15, -0.1) is 0 Å². The largest absolute Gasteiger partial charge is 0.477 e. The van der Waals surface area contributed by atoms with Gasteiger partial charge in [0.15, 0.2) is 0 Å². The third kappa shape index (κ3) is 5.74. The minimum Gasteiger partial charge on any atom is -0.477 e. The van der Waals surface area contributed by atoms with Gasteiger partial charge in [0.05, 0.1) is 18.3 Å². The maximum absolute atomic E-state index is 12.5. The summed E-state index contributed by atoms with van der Waals surface area (Å²) in [5.41, 5.74) is 1.75. The van der Waals surface area contributed by atoms with E-state index in [2.05, 4.69) is 9.71 Å². The highest BCUT2D eigenvalue weighted by molar-refractivity contribution is 7.93. The first-order chi connectivity index (χ1) is 13.7. The average molecular weight is 447 g/mol. The number of pyridine rings is 2. The molecule has 0 saturated carbocycles. The van der Waals surface area contributed by atoms with Crippen LogP contribution >= 0.6 is 0 Å². The van der Waals surface area contributed by atoms with Gasteiger partial charge in [-0.3, -0.25) is 9.52 Å². The van der Waals surface area contributed by atoms with Gasteiger partial charge in [0.1, 0.15) is 5.82 Å². The van der Waals surface area contributed by atoms with Crippen molar-refractivity contribution in [3.8, 4) is 17.0 Å². The fraction of sp³-hybridized carbons (Fsp3) is 0.474. The van der Waals surface area contributed by atoms with E-state index < -0.39 is 34.5 Å². The summed E-state index contributed by atoms with van der Waals surface area (Å²) < 4.78 is 70.9. The second kappa shape index (κ2) is 8.66. The second-order valence-corrected chi connectivity index (χ2v) is 9.46. The number of nitrogens with one attached hydrogen (secondary N) is 1. The number of sulfonamides is 1. The van der Waals surface area contributed by atoms with E-state index in [1.165, 1.54) is 24.5 Å². The molecule has 166 valence electrons. The summed E-state index contributed by atoms with van der Waals surface area (Å²) in [4.78, 5) is 16.1. The molecule has 1 N–H and O–H groups in total. The quantitative estimate of drug-likeness (QED) is 0.701. The predicted octanol–water partition coefficient (Wildman–Crippen LogP) is 3.55. The van der Waals surface area contributed by atoms with Crippen molar-refractivity contribution in [2.24, 2.45) is 7.05 Å². The number of nitrogens with zero attached hydrogens (tertiary/aromatic N) is 2. The smallest absolute Gasteiger partial charge is 0.392 e. The summed E-state index contributed by atoms with van der Waals surface area (Å²) >= 11 is 0. The Balaban J connectivity index is 2.58. The Morgan fingerprint density at radius 2 is 1.87 bits per heavy atom. The fourth-order valence-electron chi connectivity index (χ4n) is 2.61. The highest BCUT2D eigenvalue weighted by atomic mass is 32.2. The van der Waals surface area contributed by atoms with Gasteiger partial charge >= 0.3 is 6.18 Å². The zero-order chi connectivity index (χ0) is 22.9. The summed E-state index contributed by atoms with van der Waals surface area (Å²) in [7, 11) is -2.19. The zero-order valence-electron chi connectivity index (χ0n) is 17.3. The van der Waals surface area contributed by atoms with Crippen LogP contribution in [-0.4, -0.2) is 36.0 Å². The van der Waals surface area contributed by atoms with Crippen LogP contribution in [0.5, 0.6) is 5.88 Å². The number of rotatable bonds is 7. The van der Waals surface area contributed by atoms with Gasteiger partial charge in [0.2, 0.25) is 15.9 Å². The van der Waals surface area contributed by atoms with E-state index in [0.717, 1.165) is 0 Å². The molecule has 2 aromatic heterocycles. The van der Waals surface area contributed by atoms with Crippen molar-refractivity contribution in [3.63, 3.8) is 0 Å². The standard InChI is InChI=1S/C19H24F3N3O4S/c1-11(2)30(27,28)24-17-13(4)15(14-8-12(3)18(26)25(5)10-14)9-16(23-17)29-7-6-19(20,21)22/h8-11H,6-7H2,1-5H3,(H,23,24). The molecule has 30 heavy (non-hydrogen) atoms. The number of alkyl halides is 3. The number of hydrogen-bond donors (Lipinski definition) is 1. The van der Waals surface area contributed by atoms with Crippen LogP contribution in [0.2, 0.25) is 0 Å². The van der Waals surface area contributed by atoms with Crippen molar-refractivity contribution >= 4 is 15.8 Å². The van der Waals surface area contributed by atoms with Crippen molar-refractivity contribution in [3.05, 3.63) is 39.8 Å². The first-order valence-electron chi connectivity index (χ1n) is 9.11. The Morgan fingerprint density at radius 1 is 1.23 bits per heavy atom. The van der Waals surface area contributed by atoms with Crippen LogP contribution in [0.4, 0.5) is 19.0 Å². The third-order valence-electron chi connectivity index (χ3n) is 4.42. The first-order valence-corrected chi connectivity index (χ1v) is 10.7. The molecule has 0 aliphatic heterocycles. The van der Waals surface area contributed by atoms with E-state index in [1.54, 1.807) is 33.2 Å². The molecule has 0 aromatic carbocycles. The number of anilines is 1. The van der Waals surface area contributed by atoms with Crippen molar-refractivity contribution in [2.75, 3.05) is 11.3 Å². The van der Waals surface area contributed by atoms with Crippen LogP contribution in [0.15, 0.2) is 23.1 Å². The molecule has 11 heteroatoms. The fourth-order valence-corrected chi connectivity index (χ4v) is 3.31. The van der Waals surface area contributed by atoms with Crippen molar-refractivity contribution in [2.45, 2.75) is 45.5 Å². The van der Waals surface area contributed by atoms with Gasteiger partial charge in [-0.2, -0.15) is 18.2 Å². The second-order valence-electron chi connectivity index (χ2n) is 7.22. The molecule has 2 rings (SSSR count). The van der Waals surface area contributed by atoms with E-state index in [-0.39, 0.29) is 17.3 Å². The number of ether oxygens (including phenoxy) is 1. The van der Waals surface area contributed by atoms with Crippen LogP contribution < -0.4 is 15.0 Å². The molecule has 0 bridgehead atoms. The van der Waals surface area contributed by atoms with Crippen molar-refractivity contribution < 1.29 is 26.3 Å². The molecule has 2 aromatic rings. The summed E-state index contributed by atoms with van der Waals surface area (Å²) in [6.07, 6.45) is -4.02. The molecule has 0 spiro atoms. The first kappa shape index (κ1) is 23.7. The van der Waals surface area contributed by atoms with Crippen LogP contribution in [0, 0.1) is 13.8 Å². The number of aromatic nitrogens is 2. The van der Waals surface area contributed by atoms with Crippen LogP contribution in [0.25, 0.3) is 11.1 Å². The lowest BCUT2D eigenvalue weighted by Gasteiger charge is -2.17. The molecule has 0 saturated heterocycles. The lowest BCUT2D eigenvalue weighted by atomic mass is 10.0. The Morgan fingerprint density at radius 3 is 2.40 bits per heavy atom. The molecule has 0 fully saturated rings. The monoisotopic (exact) mass is 447 g/mol. The molecular weight excluding hydrogens is 423 g/mol. The molecular formula is C19H24F3N3O4S. The Hall–Kier alpha value is -2.56. The van der Waals surface area contributed by atoms with E-state index in [9.17, 15) is 26.4 Å². The summed E-state index contributed by atoms with van der Waals surface area (Å²) in [6.45, 7) is 5.56. The SMILES string of the molecule is Cc1c(-c2cc(C)c(=O)n(C)c2)cc(OCCC(F)(F)F)nc1NS(=O)(=O)C(C)C. The maximum atomic E-state index is 12.5. The van der Waals surface area contributed by atoms with Gasteiger partial charge in [-0.1, -0.05) is 0 Å². The number of aryl methyl sites for hydroxylation is 2. The zero-order valence-corrected chi connectivity index (χ0v) is 18.1. The normalized spacial score (nSPS) is 12.3. The molecule has 7 nitrogen and oxygen atoms in total. The van der Waals surface area contributed by atoms with Crippen LogP contribution in [0.1, 0.15) is 31.4 Å². The Bertz CT molecular complexity index is 1070. The van der Waals surface area contributed by atoms with E-state index >= 15 is 0 Å². The molecule has 0 radical (unpaired) electrons. The third-order valence-corrected chi connectivity index (χ3v) is 6.14. The highest BCUT2D eigenvalue weighted by Crippen LogP contribution is 2.32. The minimum absolute atomic E-state index is 0.0466. The summed E-state index contributed by atoms with van der Waals surface area (Å²) in [6, 6.07) is 3.04. The van der Waals surface area contributed by atoms with Crippen molar-refractivity contribution in [1.82, 2.24) is 9.55 Å². The molecule has 0 aliphatic carbocycles. The van der Waals surface area contributed by atoms with E-state index in [1.807, 2.05) is 0 Å². The van der Waals surface area contributed by atoms with E-state index in [0.29, 0.717) is 22.3 Å². The lowest BCUT2D eigenvalue weighted by Crippen LogP contribution is -2.24. The molecule has 0 amide bonds. The van der Waals surface area contributed by atoms with Gasteiger partial charge in [0, 0.05) is 30.4 Å². The number of halogens is 3. The molecule has 2 heterocycles. The lowest BCUT2D eigenvalue weighted by molar-refractivity contribution is -0.139. The summed E-state index contributed by atoms with van der Waals surface area (Å²) in [5.74, 6) is -0.206. The maximum Gasteiger partial charge on any atom is 0.392 e. The molecule has 0 unspecified atom stereocenters. The predicted molar refractivity (Wildman–Crippen MR) is 108 cm³/mol. The van der Waals surface area contributed by atoms with Crippen molar-refractivity contribution in [1.29, 1.82) is 0 Å². The van der Waals surface area contributed by atoms with Gasteiger partial charge in [-0.05, 0) is 44.9 Å². The Kier molecular flexibility index (Phi) is 6.85. The van der Waals surface area contributed by atoms with E-state index in [4.69, 9.17) is 4.74 Å². The topological polar surface area (TPSA) is 90.3 Å². The average Bonchev–Trinajstić information content (AvgIpc) is 2.60.